The van der Waals surface area contributed by atoms with Gasteiger partial charge in [0, 0.05) is 31.1 Å². The van der Waals surface area contributed by atoms with Crippen molar-refractivity contribution in [3.05, 3.63) is 71.3 Å². The number of rotatable bonds is 7. The van der Waals surface area contributed by atoms with Crippen LogP contribution in [-0.4, -0.2) is 29.4 Å². The van der Waals surface area contributed by atoms with Crippen LogP contribution in [0.15, 0.2) is 54.6 Å². The largest absolute Gasteiger partial charge is 0.372 e. The molecule has 0 saturated carbocycles. The quantitative estimate of drug-likeness (QED) is 0.653. The zero-order chi connectivity index (χ0) is 18.6. The van der Waals surface area contributed by atoms with Crippen LogP contribution < -0.4 is 10.0 Å². The van der Waals surface area contributed by atoms with Gasteiger partial charge in [-0.3, -0.25) is 8.93 Å². The molecule has 5 heteroatoms. The Morgan fingerprint density at radius 2 is 1.81 bits per heavy atom. The van der Waals surface area contributed by atoms with Gasteiger partial charge >= 0.3 is 0 Å². The van der Waals surface area contributed by atoms with Crippen molar-refractivity contribution in [2.24, 2.45) is 0 Å². The van der Waals surface area contributed by atoms with Gasteiger partial charge in [0.1, 0.15) is 0 Å². The monoisotopic (exact) mass is 374 g/mol. The van der Waals surface area contributed by atoms with Crippen LogP contribution in [0.5, 0.6) is 0 Å². The zero-order valence-electron chi connectivity index (χ0n) is 15.8. The second-order valence-electron chi connectivity index (χ2n) is 7.49. The standard InChI is InChI=1S/C21H30N2O2S/c1-16(23-26(2,3)24)18-11-9-17(10-12-18)14-22-20-13-21(25-15-20)19-7-5-4-6-8-19/h4-12,16,20-22,26H,13-15H2,1-3H3,(H,23,24)/t16-,20?,21?/m1/s1. The van der Waals surface area contributed by atoms with Crippen LogP contribution in [0.4, 0.5) is 0 Å². The number of thiol groups is 1. The Morgan fingerprint density at radius 3 is 2.46 bits per heavy atom. The van der Waals surface area contributed by atoms with Crippen molar-refractivity contribution in [1.82, 2.24) is 10.0 Å². The van der Waals surface area contributed by atoms with E-state index in [1.165, 1.54) is 11.1 Å². The van der Waals surface area contributed by atoms with Gasteiger partial charge in [-0.15, -0.1) is 0 Å². The molecule has 142 valence electrons. The molecule has 2 N–H and O–H groups in total. The Labute approximate surface area is 157 Å². The first kappa shape index (κ1) is 19.2. The molecule has 2 aromatic rings. The summed E-state index contributed by atoms with van der Waals surface area (Å²) in [6, 6.07) is 19.4. The van der Waals surface area contributed by atoms with E-state index in [-0.39, 0.29) is 12.1 Å². The fourth-order valence-electron chi connectivity index (χ4n) is 3.40. The topological polar surface area (TPSA) is 50.4 Å². The molecule has 0 aliphatic carbocycles. The van der Waals surface area contributed by atoms with Gasteiger partial charge in [0.05, 0.1) is 12.7 Å². The number of nitrogens with one attached hydrogen (secondary N) is 2. The van der Waals surface area contributed by atoms with Crippen molar-refractivity contribution in [1.29, 1.82) is 0 Å². The average molecular weight is 375 g/mol. The predicted octanol–water partition coefficient (Wildman–Crippen LogP) is 3.15. The molecule has 0 spiro atoms. The Morgan fingerprint density at radius 1 is 1.12 bits per heavy atom. The van der Waals surface area contributed by atoms with E-state index in [1.54, 1.807) is 12.5 Å². The number of hydrogen-bond donors (Lipinski definition) is 3. The van der Waals surface area contributed by atoms with Gasteiger partial charge in [-0.05, 0) is 30.0 Å². The Bertz CT molecular complexity index is 742. The van der Waals surface area contributed by atoms with E-state index in [0.29, 0.717) is 6.04 Å². The zero-order valence-corrected chi connectivity index (χ0v) is 16.7. The van der Waals surface area contributed by atoms with Gasteiger partial charge in [-0.2, -0.15) is 0 Å². The SMILES string of the molecule is C[C@@H](N[SH](C)(C)=O)c1ccc(CNC2COC(c3ccccc3)C2)cc1. The van der Waals surface area contributed by atoms with Crippen molar-refractivity contribution < 1.29 is 8.95 Å². The van der Waals surface area contributed by atoms with E-state index >= 15 is 0 Å². The number of ether oxygens (including phenoxy) is 1. The van der Waals surface area contributed by atoms with Gasteiger partial charge in [-0.25, -0.2) is 0 Å². The van der Waals surface area contributed by atoms with E-state index in [9.17, 15) is 4.21 Å². The lowest BCUT2D eigenvalue weighted by molar-refractivity contribution is 0.109. The van der Waals surface area contributed by atoms with E-state index in [2.05, 4.69) is 58.6 Å². The van der Waals surface area contributed by atoms with Crippen LogP contribution in [-0.2, 0) is 21.4 Å². The summed E-state index contributed by atoms with van der Waals surface area (Å²) in [6.07, 6.45) is 4.72. The third-order valence-corrected chi connectivity index (χ3v) is 5.76. The van der Waals surface area contributed by atoms with E-state index in [4.69, 9.17) is 4.74 Å². The number of hydrogen-bond acceptors (Lipinski definition) is 3. The molecule has 2 aromatic carbocycles. The Kier molecular flexibility index (Phi) is 6.24. The van der Waals surface area contributed by atoms with Gasteiger partial charge in [-0.1, -0.05) is 64.7 Å². The first-order chi connectivity index (χ1) is 12.4. The maximum atomic E-state index is 11.9. The van der Waals surface area contributed by atoms with Crippen molar-refractivity contribution in [2.75, 3.05) is 19.1 Å². The summed E-state index contributed by atoms with van der Waals surface area (Å²) in [6.45, 7) is 3.63. The molecule has 3 rings (SSSR count). The second-order valence-corrected chi connectivity index (χ2v) is 10.4. The summed E-state index contributed by atoms with van der Waals surface area (Å²) in [7, 11) is -2.23. The third kappa shape index (κ3) is 5.48. The highest BCUT2D eigenvalue weighted by atomic mass is 32.3. The average Bonchev–Trinajstić information content (AvgIpc) is 3.09. The lowest BCUT2D eigenvalue weighted by Gasteiger charge is -2.21. The van der Waals surface area contributed by atoms with Crippen LogP contribution in [0.25, 0.3) is 0 Å². The normalized spacial score (nSPS) is 22.3. The highest BCUT2D eigenvalue weighted by Gasteiger charge is 2.26. The summed E-state index contributed by atoms with van der Waals surface area (Å²) >= 11 is 0. The van der Waals surface area contributed by atoms with Crippen LogP contribution in [0.1, 0.15) is 42.2 Å². The second kappa shape index (κ2) is 8.44. The molecule has 0 radical (unpaired) electrons. The van der Waals surface area contributed by atoms with Crippen LogP contribution in [0, 0.1) is 0 Å². The molecule has 1 heterocycles. The van der Waals surface area contributed by atoms with E-state index < -0.39 is 10.1 Å². The predicted molar refractivity (Wildman–Crippen MR) is 110 cm³/mol. The van der Waals surface area contributed by atoms with E-state index in [1.807, 2.05) is 13.0 Å². The van der Waals surface area contributed by atoms with Gasteiger partial charge < -0.3 is 10.1 Å². The lowest BCUT2D eigenvalue weighted by atomic mass is 10.0. The molecule has 26 heavy (non-hydrogen) atoms. The molecular formula is C21H30N2O2S. The van der Waals surface area contributed by atoms with Gasteiger partial charge in [0.25, 0.3) is 0 Å². The Balaban J connectivity index is 1.49. The number of benzene rings is 2. The van der Waals surface area contributed by atoms with Crippen LogP contribution in [0.2, 0.25) is 0 Å². The molecular weight excluding hydrogens is 344 g/mol. The lowest BCUT2D eigenvalue weighted by Crippen LogP contribution is -2.31. The third-order valence-electron chi connectivity index (χ3n) is 4.75. The maximum absolute atomic E-state index is 11.9. The summed E-state index contributed by atoms with van der Waals surface area (Å²) < 4.78 is 21.0. The summed E-state index contributed by atoms with van der Waals surface area (Å²) in [5, 5.41) is 3.60. The van der Waals surface area contributed by atoms with Crippen molar-refractivity contribution >= 4 is 10.1 Å². The molecule has 1 aliphatic heterocycles. The molecule has 1 saturated heterocycles. The molecule has 0 bridgehead atoms. The summed E-state index contributed by atoms with van der Waals surface area (Å²) in [5.74, 6) is 0. The minimum absolute atomic E-state index is 0.0905. The molecule has 0 aromatic heterocycles. The van der Waals surface area contributed by atoms with Crippen molar-refractivity contribution in [3.8, 4) is 0 Å². The molecule has 2 unspecified atom stereocenters. The Hall–Kier alpha value is -1.53. The summed E-state index contributed by atoms with van der Waals surface area (Å²) in [4.78, 5) is 0. The molecule has 1 aliphatic rings. The molecule has 1 fully saturated rings. The molecule has 0 amide bonds. The highest BCUT2D eigenvalue weighted by Crippen LogP contribution is 2.28. The van der Waals surface area contributed by atoms with Gasteiger partial charge in [0.15, 0.2) is 0 Å². The first-order valence-corrected chi connectivity index (χ1v) is 11.8. The van der Waals surface area contributed by atoms with Crippen LogP contribution >= 0.6 is 0 Å². The fourth-order valence-corrected chi connectivity index (χ4v) is 4.48. The summed E-state index contributed by atoms with van der Waals surface area (Å²) in [5.41, 5.74) is 3.66. The minimum Gasteiger partial charge on any atom is -0.372 e. The highest BCUT2D eigenvalue weighted by molar-refractivity contribution is 7.99. The van der Waals surface area contributed by atoms with Crippen molar-refractivity contribution in [2.45, 2.75) is 38.1 Å². The first-order valence-electron chi connectivity index (χ1n) is 9.22. The maximum Gasteiger partial charge on any atom is 0.0841 e. The smallest absolute Gasteiger partial charge is 0.0841 e. The fraction of sp³-hybridized carbons (Fsp3) is 0.429. The molecule has 4 nitrogen and oxygen atoms in total. The van der Waals surface area contributed by atoms with Crippen molar-refractivity contribution in [3.63, 3.8) is 0 Å². The minimum atomic E-state index is -2.23. The van der Waals surface area contributed by atoms with Crippen LogP contribution in [0.3, 0.4) is 0 Å². The van der Waals surface area contributed by atoms with Gasteiger partial charge in [0.2, 0.25) is 0 Å². The van der Waals surface area contributed by atoms with E-state index in [0.717, 1.165) is 25.1 Å². The molecule has 3 atom stereocenters.